The van der Waals surface area contributed by atoms with Gasteiger partial charge in [-0.1, -0.05) is 6.92 Å². The van der Waals surface area contributed by atoms with Crippen molar-refractivity contribution >= 4 is 5.91 Å². The summed E-state index contributed by atoms with van der Waals surface area (Å²) >= 11 is 0. The second-order valence-corrected chi connectivity index (χ2v) is 4.17. The molecule has 1 atom stereocenters. The van der Waals surface area contributed by atoms with Crippen LogP contribution in [-0.4, -0.2) is 44.7 Å². The van der Waals surface area contributed by atoms with Gasteiger partial charge < -0.3 is 10.2 Å². The Morgan fingerprint density at radius 3 is 3.06 bits per heavy atom. The SMILES string of the molecule is CCC1NCCN(Cc2ncnn2CC)C1=O. The molecule has 1 aromatic heterocycles. The number of nitrogens with one attached hydrogen (secondary N) is 1. The number of aromatic nitrogens is 3. The van der Waals surface area contributed by atoms with Gasteiger partial charge in [0.25, 0.3) is 0 Å². The van der Waals surface area contributed by atoms with Crippen LogP contribution >= 0.6 is 0 Å². The third kappa shape index (κ3) is 2.46. The summed E-state index contributed by atoms with van der Waals surface area (Å²) in [7, 11) is 0. The molecule has 1 fully saturated rings. The topological polar surface area (TPSA) is 63.0 Å². The second kappa shape index (κ2) is 5.27. The van der Waals surface area contributed by atoms with Crippen molar-refractivity contribution in [3.8, 4) is 0 Å². The fourth-order valence-corrected chi connectivity index (χ4v) is 2.11. The lowest BCUT2D eigenvalue weighted by Crippen LogP contribution is -2.54. The quantitative estimate of drug-likeness (QED) is 0.801. The first-order chi connectivity index (χ1) is 8.26. The number of amides is 1. The highest BCUT2D eigenvalue weighted by molar-refractivity contribution is 5.82. The summed E-state index contributed by atoms with van der Waals surface area (Å²) < 4.78 is 1.83. The first kappa shape index (κ1) is 12.0. The van der Waals surface area contributed by atoms with Crippen LogP contribution in [0.5, 0.6) is 0 Å². The molecular weight excluding hydrogens is 218 g/mol. The third-order valence-corrected chi connectivity index (χ3v) is 3.12. The number of hydrogen-bond donors (Lipinski definition) is 1. The van der Waals surface area contributed by atoms with E-state index in [-0.39, 0.29) is 11.9 Å². The largest absolute Gasteiger partial charge is 0.333 e. The molecule has 1 amide bonds. The van der Waals surface area contributed by atoms with Gasteiger partial charge in [0.05, 0.1) is 12.6 Å². The molecule has 6 heteroatoms. The molecule has 94 valence electrons. The first-order valence-electron chi connectivity index (χ1n) is 6.15. The van der Waals surface area contributed by atoms with Gasteiger partial charge in [-0.05, 0) is 13.3 Å². The number of carbonyl (C=O) groups is 1. The third-order valence-electron chi connectivity index (χ3n) is 3.12. The first-order valence-corrected chi connectivity index (χ1v) is 6.15. The molecule has 1 unspecified atom stereocenters. The minimum absolute atomic E-state index is 0.0400. The van der Waals surface area contributed by atoms with E-state index < -0.39 is 0 Å². The minimum Gasteiger partial charge on any atom is -0.333 e. The molecule has 0 aliphatic carbocycles. The fourth-order valence-electron chi connectivity index (χ4n) is 2.11. The Balaban J connectivity index is 2.05. The van der Waals surface area contributed by atoms with Crippen LogP contribution in [-0.2, 0) is 17.9 Å². The summed E-state index contributed by atoms with van der Waals surface area (Å²) in [6, 6.07) is -0.0400. The maximum Gasteiger partial charge on any atom is 0.240 e. The molecular formula is C11H19N5O. The van der Waals surface area contributed by atoms with Gasteiger partial charge in [-0.2, -0.15) is 5.10 Å². The smallest absolute Gasteiger partial charge is 0.240 e. The van der Waals surface area contributed by atoms with Crippen LogP contribution in [0.2, 0.25) is 0 Å². The lowest BCUT2D eigenvalue weighted by atomic mass is 10.1. The maximum absolute atomic E-state index is 12.1. The Labute approximate surface area is 101 Å². The molecule has 0 radical (unpaired) electrons. The number of nitrogens with zero attached hydrogens (tertiary/aromatic N) is 4. The molecule has 1 N–H and O–H groups in total. The van der Waals surface area contributed by atoms with Crippen molar-refractivity contribution < 1.29 is 4.79 Å². The predicted octanol–water partition coefficient (Wildman–Crippen LogP) is 0.00840. The van der Waals surface area contributed by atoms with Crippen molar-refractivity contribution in [1.29, 1.82) is 0 Å². The van der Waals surface area contributed by atoms with E-state index in [0.29, 0.717) is 6.54 Å². The van der Waals surface area contributed by atoms with Gasteiger partial charge in [0, 0.05) is 19.6 Å². The molecule has 0 spiro atoms. The summed E-state index contributed by atoms with van der Waals surface area (Å²) in [6.07, 6.45) is 2.37. The summed E-state index contributed by atoms with van der Waals surface area (Å²) in [5.74, 6) is 1.03. The van der Waals surface area contributed by atoms with Crippen molar-refractivity contribution in [2.45, 2.75) is 39.4 Å². The minimum atomic E-state index is -0.0400. The molecule has 0 aromatic carbocycles. The monoisotopic (exact) mass is 237 g/mol. The van der Waals surface area contributed by atoms with E-state index in [9.17, 15) is 4.79 Å². The van der Waals surface area contributed by atoms with E-state index in [1.807, 2.05) is 23.4 Å². The molecule has 2 heterocycles. The van der Waals surface area contributed by atoms with Crippen LogP contribution in [0.25, 0.3) is 0 Å². The summed E-state index contributed by atoms with van der Waals surface area (Å²) in [5, 5.41) is 7.34. The Kier molecular flexibility index (Phi) is 3.73. The highest BCUT2D eigenvalue weighted by atomic mass is 16.2. The van der Waals surface area contributed by atoms with Crippen LogP contribution in [0.4, 0.5) is 0 Å². The van der Waals surface area contributed by atoms with E-state index in [2.05, 4.69) is 15.4 Å². The number of aryl methyl sites for hydroxylation is 1. The van der Waals surface area contributed by atoms with Gasteiger partial charge in [-0.3, -0.25) is 4.79 Å². The highest BCUT2D eigenvalue weighted by Gasteiger charge is 2.27. The van der Waals surface area contributed by atoms with Gasteiger partial charge in [0.2, 0.25) is 5.91 Å². The van der Waals surface area contributed by atoms with Gasteiger partial charge >= 0.3 is 0 Å². The number of piperazine rings is 1. The van der Waals surface area contributed by atoms with Crippen LogP contribution in [0.15, 0.2) is 6.33 Å². The van der Waals surface area contributed by atoms with E-state index in [1.54, 1.807) is 6.33 Å². The Morgan fingerprint density at radius 2 is 2.35 bits per heavy atom. The van der Waals surface area contributed by atoms with Gasteiger partial charge in [0.1, 0.15) is 12.2 Å². The van der Waals surface area contributed by atoms with Crippen molar-refractivity contribution in [3.63, 3.8) is 0 Å². The van der Waals surface area contributed by atoms with E-state index in [4.69, 9.17) is 0 Å². The average molecular weight is 237 g/mol. The number of carbonyl (C=O) groups excluding carboxylic acids is 1. The molecule has 6 nitrogen and oxygen atoms in total. The summed E-state index contributed by atoms with van der Waals surface area (Å²) in [4.78, 5) is 18.2. The molecule has 1 aromatic rings. The highest BCUT2D eigenvalue weighted by Crippen LogP contribution is 2.08. The van der Waals surface area contributed by atoms with Crippen LogP contribution in [0.3, 0.4) is 0 Å². The lowest BCUT2D eigenvalue weighted by Gasteiger charge is -2.32. The molecule has 1 saturated heterocycles. The molecule has 0 saturated carbocycles. The zero-order valence-corrected chi connectivity index (χ0v) is 10.4. The number of rotatable bonds is 4. The van der Waals surface area contributed by atoms with Crippen molar-refractivity contribution in [2.24, 2.45) is 0 Å². The maximum atomic E-state index is 12.1. The van der Waals surface area contributed by atoms with E-state index in [1.165, 1.54) is 0 Å². The normalized spacial score (nSPS) is 20.9. The summed E-state index contributed by atoms with van der Waals surface area (Å²) in [6.45, 7) is 6.98. The fraction of sp³-hybridized carbons (Fsp3) is 0.727. The Hall–Kier alpha value is -1.43. The van der Waals surface area contributed by atoms with Crippen LogP contribution in [0, 0.1) is 0 Å². The Bertz CT molecular complexity index is 389. The van der Waals surface area contributed by atoms with Gasteiger partial charge in [-0.25, -0.2) is 9.67 Å². The standard InChI is InChI=1S/C11H19N5O/c1-3-9-11(17)15(6-5-12-9)7-10-13-8-14-16(10)4-2/h8-9,12H,3-7H2,1-2H3. The van der Waals surface area contributed by atoms with Crippen molar-refractivity contribution in [2.75, 3.05) is 13.1 Å². The van der Waals surface area contributed by atoms with Gasteiger partial charge in [0.15, 0.2) is 0 Å². The van der Waals surface area contributed by atoms with Crippen molar-refractivity contribution in [3.05, 3.63) is 12.2 Å². The number of hydrogen-bond acceptors (Lipinski definition) is 4. The van der Waals surface area contributed by atoms with Crippen LogP contribution < -0.4 is 5.32 Å². The van der Waals surface area contributed by atoms with Crippen LogP contribution in [0.1, 0.15) is 26.1 Å². The Morgan fingerprint density at radius 1 is 1.53 bits per heavy atom. The van der Waals surface area contributed by atoms with Gasteiger partial charge in [-0.15, -0.1) is 0 Å². The van der Waals surface area contributed by atoms with E-state index >= 15 is 0 Å². The zero-order valence-electron chi connectivity index (χ0n) is 10.4. The average Bonchev–Trinajstić information content (AvgIpc) is 2.79. The van der Waals surface area contributed by atoms with Crippen molar-refractivity contribution in [1.82, 2.24) is 25.0 Å². The molecule has 1 aliphatic heterocycles. The molecule has 17 heavy (non-hydrogen) atoms. The zero-order chi connectivity index (χ0) is 12.3. The summed E-state index contributed by atoms with van der Waals surface area (Å²) in [5.41, 5.74) is 0. The molecule has 1 aliphatic rings. The van der Waals surface area contributed by atoms with E-state index in [0.717, 1.165) is 31.9 Å². The molecule has 2 rings (SSSR count). The lowest BCUT2D eigenvalue weighted by molar-refractivity contribution is -0.136. The second-order valence-electron chi connectivity index (χ2n) is 4.17. The molecule has 0 bridgehead atoms. The predicted molar refractivity (Wildman–Crippen MR) is 63.2 cm³/mol.